The van der Waals surface area contributed by atoms with Crippen molar-refractivity contribution in [2.24, 2.45) is 5.92 Å². The lowest BCUT2D eigenvalue weighted by atomic mass is 10.1. The molecule has 0 spiro atoms. The Kier molecular flexibility index (Phi) is 6.21. The van der Waals surface area contributed by atoms with Gasteiger partial charge in [-0.25, -0.2) is 9.78 Å². The van der Waals surface area contributed by atoms with Gasteiger partial charge in [-0.2, -0.15) is 4.98 Å². The quantitative estimate of drug-likeness (QED) is 0.662. The first kappa shape index (κ1) is 19.3. The van der Waals surface area contributed by atoms with E-state index in [0.29, 0.717) is 34.9 Å². The van der Waals surface area contributed by atoms with Crippen LogP contribution in [-0.4, -0.2) is 33.1 Å². The third-order valence-corrected chi connectivity index (χ3v) is 3.77. The fourth-order valence-corrected chi connectivity index (χ4v) is 2.42. The van der Waals surface area contributed by atoms with Gasteiger partial charge in [0.2, 0.25) is 11.8 Å². The standard InChI is InChI=1S/C20H23N5O3/c1-14(2)11-17-23-19(28-24-17)13-25(3)20(26)22-15-9-10-18(21-12-15)27-16-7-5-4-6-8-16/h4-10,12,14H,11,13H2,1-3H3,(H,22,26). The smallest absolute Gasteiger partial charge is 0.322 e. The largest absolute Gasteiger partial charge is 0.439 e. The molecule has 0 saturated heterocycles. The third kappa shape index (κ3) is 5.54. The molecule has 0 fully saturated rings. The van der Waals surface area contributed by atoms with Crippen LogP contribution in [0, 0.1) is 5.92 Å². The van der Waals surface area contributed by atoms with Gasteiger partial charge < -0.3 is 19.5 Å². The van der Waals surface area contributed by atoms with Crippen LogP contribution in [-0.2, 0) is 13.0 Å². The zero-order valence-corrected chi connectivity index (χ0v) is 16.1. The lowest BCUT2D eigenvalue weighted by molar-refractivity contribution is 0.213. The number of anilines is 1. The highest BCUT2D eigenvalue weighted by atomic mass is 16.5. The van der Waals surface area contributed by atoms with Crippen LogP contribution in [0.3, 0.4) is 0 Å². The number of hydrogen-bond donors (Lipinski definition) is 1. The summed E-state index contributed by atoms with van der Waals surface area (Å²) in [5.41, 5.74) is 0.559. The summed E-state index contributed by atoms with van der Waals surface area (Å²) in [5, 5.41) is 6.70. The van der Waals surface area contributed by atoms with E-state index in [-0.39, 0.29) is 12.6 Å². The van der Waals surface area contributed by atoms with E-state index >= 15 is 0 Å². The molecule has 2 amide bonds. The van der Waals surface area contributed by atoms with E-state index < -0.39 is 0 Å². The molecule has 28 heavy (non-hydrogen) atoms. The molecule has 2 aromatic heterocycles. The van der Waals surface area contributed by atoms with Gasteiger partial charge in [-0.3, -0.25) is 0 Å². The second-order valence-corrected chi connectivity index (χ2v) is 6.79. The highest BCUT2D eigenvalue weighted by Crippen LogP contribution is 2.20. The molecule has 0 aliphatic carbocycles. The fourth-order valence-electron chi connectivity index (χ4n) is 2.42. The number of amides is 2. The second kappa shape index (κ2) is 8.98. The van der Waals surface area contributed by atoms with Crippen LogP contribution in [0.1, 0.15) is 25.6 Å². The van der Waals surface area contributed by atoms with E-state index in [1.54, 1.807) is 19.2 Å². The Morgan fingerprint density at radius 3 is 2.68 bits per heavy atom. The third-order valence-electron chi connectivity index (χ3n) is 3.77. The Labute approximate surface area is 163 Å². The first-order valence-corrected chi connectivity index (χ1v) is 9.02. The van der Waals surface area contributed by atoms with Crippen LogP contribution in [0.15, 0.2) is 53.2 Å². The topological polar surface area (TPSA) is 93.4 Å². The molecule has 3 aromatic rings. The second-order valence-electron chi connectivity index (χ2n) is 6.79. The molecule has 0 saturated carbocycles. The molecule has 2 heterocycles. The minimum atomic E-state index is -0.304. The summed E-state index contributed by atoms with van der Waals surface area (Å²) in [6.45, 7) is 4.39. The lowest BCUT2D eigenvalue weighted by Gasteiger charge is -2.15. The minimum absolute atomic E-state index is 0.222. The van der Waals surface area contributed by atoms with Crippen molar-refractivity contribution in [1.82, 2.24) is 20.0 Å². The number of urea groups is 1. The van der Waals surface area contributed by atoms with Crippen LogP contribution in [0.5, 0.6) is 11.6 Å². The van der Waals surface area contributed by atoms with Gasteiger partial charge in [0.15, 0.2) is 5.82 Å². The van der Waals surface area contributed by atoms with Crippen molar-refractivity contribution in [2.45, 2.75) is 26.8 Å². The molecule has 8 nitrogen and oxygen atoms in total. The maximum Gasteiger partial charge on any atom is 0.322 e. The highest BCUT2D eigenvalue weighted by molar-refractivity contribution is 5.88. The molecule has 0 atom stereocenters. The van der Waals surface area contributed by atoms with Crippen molar-refractivity contribution in [3.63, 3.8) is 0 Å². The van der Waals surface area contributed by atoms with Gasteiger partial charge in [-0.05, 0) is 24.1 Å². The van der Waals surface area contributed by atoms with E-state index in [9.17, 15) is 4.79 Å². The highest BCUT2D eigenvalue weighted by Gasteiger charge is 2.15. The summed E-state index contributed by atoms with van der Waals surface area (Å²) in [6.07, 6.45) is 2.28. The average Bonchev–Trinajstić information content (AvgIpc) is 3.10. The Hall–Kier alpha value is -3.42. The van der Waals surface area contributed by atoms with Crippen molar-refractivity contribution < 1.29 is 14.1 Å². The Morgan fingerprint density at radius 1 is 1.21 bits per heavy atom. The van der Waals surface area contributed by atoms with Crippen molar-refractivity contribution in [2.75, 3.05) is 12.4 Å². The first-order valence-electron chi connectivity index (χ1n) is 9.02. The van der Waals surface area contributed by atoms with Gasteiger partial charge in [0.05, 0.1) is 11.9 Å². The summed E-state index contributed by atoms with van der Waals surface area (Å²) in [6, 6.07) is 12.5. The van der Waals surface area contributed by atoms with Crippen molar-refractivity contribution >= 4 is 11.7 Å². The molecule has 146 valence electrons. The van der Waals surface area contributed by atoms with Gasteiger partial charge in [0.1, 0.15) is 12.3 Å². The zero-order chi connectivity index (χ0) is 19.9. The number of para-hydroxylation sites is 1. The van der Waals surface area contributed by atoms with Gasteiger partial charge in [-0.1, -0.05) is 37.2 Å². The van der Waals surface area contributed by atoms with E-state index in [4.69, 9.17) is 9.26 Å². The molecule has 0 radical (unpaired) electrons. The van der Waals surface area contributed by atoms with E-state index in [1.165, 1.54) is 11.1 Å². The average molecular weight is 381 g/mol. The van der Waals surface area contributed by atoms with Crippen molar-refractivity contribution in [3.8, 4) is 11.6 Å². The number of pyridine rings is 1. The molecule has 8 heteroatoms. The van der Waals surface area contributed by atoms with Crippen LogP contribution in [0.4, 0.5) is 10.5 Å². The van der Waals surface area contributed by atoms with Crippen molar-refractivity contribution in [3.05, 3.63) is 60.4 Å². The summed E-state index contributed by atoms with van der Waals surface area (Å²) < 4.78 is 10.8. The molecule has 1 N–H and O–H groups in total. The van der Waals surface area contributed by atoms with E-state index in [2.05, 4.69) is 34.3 Å². The van der Waals surface area contributed by atoms with E-state index in [1.807, 2.05) is 30.3 Å². The monoisotopic (exact) mass is 381 g/mol. The normalized spacial score (nSPS) is 10.7. The summed E-state index contributed by atoms with van der Waals surface area (Å²) in [5.74, 6) is 2.63. The van der Waals surface area contributed by atoms with Gasteiger partial charge in [0, 0.05) is 19.5 Å². The number of nitrogens with zero attached hydrogens (tertiary/aromatic N) is 4. The molecular formula is C20H23N5O3. The fraction of sp³-hybridized carbons (Fsp3) is 0.300. The molecular weight excluding hydrogens is 358 g/mol. The Balaban J connectivity index is 1.52. The first-order chi connectivity index (χ1) is 13.5. The minimum Gasteiger partial charge on any atom is -0.439 e. The van der Waals surface area contributed by atoms with Gasteiger partial charge >= 0.3 is 6.03 Å². The number of benzene rings is 1. The van der Waals surface area contributed by atoms with Crippen LogP contribution < -0.4 is 10.1 Å². The summed E-state index contributed by atoms with van der Waals surface area (Å²) in [7, 11) is 1.65. The summed E-state index contributed by atoms with van der Waals surface area (Å²) in [4.78, 5) is 22.3. The lowest BCUT2D eigenvalue weighted by Crippen LogP contribution is -2.31. The number of rotatable bonds is 7. The summed E-state index contributed by atoms with van der Waals surface area (Å²) >= 11 is 0. The maximum atomic E-state index is 12.3. The number of nitrogens with one attached hydrogen (secondary N) is 1. The van der Waals surface area contributed by atoms with Gasteiger partial charge in [-0.15, -0.1) is 0 Å². The maximum absolute atomic E-state index is 12.3. The predicted molar refractivity (Wildman–Crippen MR) is 104 cm³/mol. The number of ether oxygens (including phenoxy) is 1. The molecule has 3 rings (SSSR count). The molecule has 0 bridgehead atoms. The zero-order valence-electron chi connectivity index (χ0n) is 16.1. The SMILES string of the molecule is CC(C)Cc1noc(CN(C)C(=O)Nc2ccc(Oc3ccccc3)nc2)n1. The number of carbonyl (C=O) groups excluding carboxylic acids is 1. The van der Waals surface area contributed by atoms with E-state index in [0.717, 1.165) is 6.42 Å². The van der Waals surface area contributed by atoms with Crippen LogP contribution in [0.2, 0.25) is 0 Å². The molecule has 0 aliphatic rings. The van der Waals surface area contributed by atoms with Crippen molar-refractivity contribution in [1.29, 1.82) is 0 Å². The van der Waals surface area contributed by atoms with Gasteiger partial charge in [0.25, 0.3) is 0 Å². The Morgan fingerprint density at radius 2 is 2.00 bits per heavy atom. The molecule has 0 aliphatic heterocycles. The number of hydrogen-bond acceptors (Lipinski definition) is 6. The number of aromatic nitrogens is 3. The van der Waals surface area contributed by atoms with Crippen LogP contribution in [0.25, 0.3) is 0 Å². The molecule has 1 aromatic carbocycles. The Bertz CT molecular complexity index is 894. The number of carbonyl (C=O) groups is 1. The molecule has 0 unspecified atom stereocenters. The predicted octanol–water partition coefficient (Wildman–Crippen LogP) is 4.12. The van der Waals surface area contributed by atoms with Crippen LogP contribution >= 0.6 is 0 Å².